The summed E-state index contributed by atoms with van der Waals surface area (Å²) in [4.78, 5) is 0.231. The fourth-order valence-corrected chi connectivity index (χ4v) is 4.99. The maximum atomic E-state index is 12.9. The zero-order valence-electron chi connectivity index (χ0n) is 16.5. The van der Waals surface area contributed by atoms with Crippen LogP contribution in [0.25, 0.3) is 0 Å². The molecule has 2 aliphatic rings. The quantitative estimate of drug-likeness (QED) is 0.721. The van der Waals surface area contributed by atoms with E-state index in [4.69, 9.17) is 9.47 Å². The molecule has 0 bridgehead atoms. The Morgan fingerprint density at radius 1 is 1.03 bits per heavy atom. The Morgan fingerprint density at radius 2 is 1.79 bits per heavy atom. The van der Waals surface area contributed by atoms with Crippen molar-refractivity contribution in [2.75, 3.05) is 26.8 Å². The van der Waals surface area contributed by atoms with Crippen molar-refractivity contribution in [3.05, 3.63) is 54.1 Å². The predicted molar refractivity (Wildman–Crippen MR) is 110 cm³/mol. The smallest absolute Gasteiger partial charge is 0.242 e. The first-order valence-electron chi connectivity index (χ1n) is 9.96. The molecule has 0 spiro atoms. The van der Waals surface area contributed by atoms with Crippen molar-refractivity contribution in [2.24, 2.45) is 0 Å². The SMILES string of the molecule is CN(CCCC1CC(c2ccccc2)NN1)S(=O)(=O)c1ccc2c(c1)OCCO2. The van der Waals surface area contributed by atoms with E-state index in [9.17, 15) is 8.42 Å². The number of ether oxygens (including phenoxy) is 2. The van der Waals surface area contributed by atoms with Crippen molar-refractivity contribution in [2.45, 2.75) is 36.2 Å². The molecule has 2 aromatic carbocycles. The van der Waals surface area contributed by atoms with Gasteiger partial charge in [-0.05, 0) is 37.0 Å². The van der Waals surface area contributed by atoms with E-state index in [2.05, 4.69) is 23.0 Å². The van der Waals surface area contributed by atoms with Crippen LogP contribution in [0.3, 0.4) is 0 Å². The van der Waals surface area contributed by atoms with Crippen LogP contribution in [0.1, 0.15) is 30.9 Å². The second-order valence-electron chi connectivity index (χ2n) is 7.46. The summed E-state index contributed by atoms with van der Waals surface area (Å²) < 4.78 is 38.2. The lowest BCUT2D eigenvalue weighted by molar-refractivity contribution is 0.171. The Balaban J connectivity index is 1.30. The molecule has 7 nitrogen and oxygen atoms in total. The monoisotopic (exact) mass is 417 g/mol. The molecule has 0 amide bonds. The van der Waals surface area contributed by atoms with Crippen LogP contribution >= 0.6 is 0 Å². The van der Waals surface area contributed by atoms with E-state index < -0.39 is 10.0 Å². The number of nitrogens with one attached hydrogen (secondary N) is 2. The van der Waals surface area contributed by atoms with Gasteiger partial charge in [0.25, 0.3) is 0 Å². The van der Waals surface area contributed by atoms with Gasteiger partial charge in [0.05, 0.1) is 4.90 Å². The highest BCUT2D eigenvalue weighted by Crippen LogP contribution is 2.33. The maximum absolute atomic E-state index is 12.9. The summed E-state index contributed by atoms with van der Waals surface area (Å²) in [6, 6.07) is 15.7. The lowest BCUT2D eigenvalue weighted by Crippen LogP contribution is -2.32. The average molecular weight is 418 g/mol. The van der Waals surface area contributed by atoms with Crippen LogP contribution in [0.2, 0.25) is 0 Å². The van der Waals surface area contributed by atoms with Gasteiger partial charge in [-0.3, -0.25) is 10.9 Å². The van der Waals surface area contributed by atoms with Crippen molar-refractivity contribution in [1.82, 2.24) is 15.2 Å². The van der Waals surface area contributed by atoms with Crippen molar-refractivity contribution >= 4 is 10.0 Å². The first-order valence-corrected chi connectivity index (χ1v) is 11.4. The van der Waals surface area contributed by atoms with Gasteiger partial charge >= 0.3 is 0 Å². The van der Waals surface area contributed by atoms with Gasteiger partial charge in [-0.2, -0.15) is 0 Å². The Morgan fingerprint density at radius 3 is 2.59 bits per heavy atom. The van der Waals surface area contributed by atoms with Gasteiger partial charge in [-0.25, -0.2) is 12.7 Å². The molecule has 0 aromatic heterocycles. The summed E-state index contributed by atoms with van der Waals surface area (Å²) in [7, 11) is -1.94. The third kappa shape index (κ3) is 4.56. The van der Waals surface area contributed by atoms with Crippen LogP contribution in [-0.4, -0.2) is 45.6 Å². The molecule has 1 saturated heterocycles. The second kappa shape index (κ2) is 8.71. The lowest BCUT2D eigenvalue weighted by atomic mass is 10.00. The molecule has 2 atom stereocenters. The van der Waals surface area contributed by atoms with E-state index in [1.165, 1.54) is 9.87 Å². The van der Waals surface area contributed by atoms with Gasteiger partial charge in [0.2, 0.25) is 10.0 Å². The number of sulfonamides is 1. The molecular formula is C21H27N3O4S. The first-order chi connectivity index (χ1) is 14.0. The number of rotatable bonds is 7. The standard InChI is InChI=1S/C21H27N3O4S/c1-24(29(25,26)18-9-10-20-21(15-18)28-13-12-27-20)11-5-8-17-14-19(23-22-17)16-6-3-2-4-7-16/h2-4,6-7,9-10,15,17,19,22-23H,5,8,11-14H2,1H3. The number of hydrazine groups is 1. The highest BCUT2D eigenvalue weighted by atomic mass is 32.2. The third-order valence-corrected chi connectivity index (χ3v) is 7.28. The molecule has 2 aliphatic heterocycles. The summed E-state index contributed by atoms with van der Waals surface area (Å²) >= 11 is 0. The van der Waals surface area contributed by atoms with E-state index in [-0.39, 0.29) is 4.90 Å². The zero-order chi connectivity index (χ0) is 20.3. The minimum atomic E-state index is -3.56. The topological polar surface area (TPSA) is 79.9 Å². The minimum Gasteiger partial charge on any atom is -0.486 e. The van der Waals surface area contributed by atoms with E-state index in [1.807, 2.05) is 18.2 Å². The molecule has 2 heterocycles. The van der Waals surface area contributed by atoms with Crippen LogP contribution in [0.15, 0.2) is 53.4 Å². The van der Waals surface area contributed by atoms with Crippen molar-refractivity contribution in [3.63, 3.8) is 0 Å². The molecule has 0 saturated carbocycles. The summed E-state index contributed by atoms with van der Waals surface area (Å²) in [6.45, 7) is 1.37. The molecule has 1 fully saturated rings. The fraction of sp³-hybridized carbons (Fsp3) is 0.429. The number of hydrogen-bond acceptors (Lipinski definition) is 6. The molecule has 0 aliphatic carbocycles. The normalized spacial score (nSPS) is 21.4. The summed E-state index contributed by atoms with van der Waals surface area (Å²) in [5.74, 6) is 1.07. The molecule has 4 rings (SSSR count). The van der Waals surface area contributed by atoms with Crippen LogP contribution in [-0.2, 0) is 10.0 Å². The van der Waals surface area contributed by atoms with Crippen LogP contribution in [0, 0.1) is 0 Å². The van der Waals surface area contributed by atoms with E-state index in [0.717, 1.165) is 19.3 Å². The van der Waals surface area contributed by atoms with Crippen LogP contribution in [0.5, 0.6) is 11.5 Å². The molecule has 0 radical (unpaired) electrons. The Labute approximate surface area is 172 Å². The highest BCUT2D eigenvalue weighted by Gasteiger charge is 2.26. The van der Waals surface area contributed by atoms with Crippen LogP contribution in [0.4, 0.5) is 0 Å². The molecule has 2 aromatic rings. The number of nitrogens with zero attached hydrogens (tertiary/aromatic N) is 1. The summed E-state index contributed by atoms with van der Waals surface area (Å²) in [5, 5.41) is 0. The van der Waals surface area contributed by atoms with Gasteiger partial charge in [-0.1, -0.05) is 30.3 Å². The number of benzene rings is 2. The zero-order valence-corrected chi connectivity index (χ0v) is 17.3. The summed E-state index contributed by atoms with van der Waals surface area (Å²) in [5.41, 5.74) is 7.94. The molecular weight excluding hydrogens is 390 g/mol. The molecule has 156 valence electrons. The highest BCUT2D eigenvalue weighted by molar-refractivity contribution is 7.89. The van der Waals surface area contributed by atoms with E-state index in [0.29, 0.717) is 43.3 Å². The van der Waals surface area contributed by atoms with Gasteiger partial charge in [0, 0.05) is 31.7 Å². The first kappa shape index (κ1) is 20.2. The predicted octanol–water partition coefficient (Wildman–Crippen LogP) is 2.47. The van der Waals surface area contributed by atoms with Crippen molar-refractivity contribution in [3.8, 4) is 11.5 Å². The molecule has 2 N–H and O–H groups in total. The van der Waals surface area contributed by atoms with Crippen molar-refractivity contribution < 1.29 is 17.9 Å². The van der Waals surface area contributed by atoms with E-state index in [1.54, 1.807) is 25.2 Å². The molecule has 2 unspecified atom stereocenters. The number of hydrogen-bond donors (Lipinski definition) is 2. The van der Waals surface area contributed by atoms with Gasteiger partial charge in [0.1, 0.15) is 13.2 Å². The Kier molecular flexibility index (Phi) is 6.05. The summed E-state index contributed by atoms with van der Waals surface area (Å²) in [6.07, 6.45) is 2.67. The van der Waals surface area contributed by atoms with Gasteiger partial charge < -0.3 is 9.47 Å². The number of fused-ring (bicyclic) bond motifs is 1. The molecule has 8 heteroatoms. The Bertz CT molecular complexity index is 936. The van der Waals surface area contributed by atoms with Crippen LogP contribution < -0.4 is 20.3 Å². The third-order valence-electron chi connectivity index (χ3n) is 5.43. The fourth-order valence-electron chi connectivity index (χ4n) is 3.76. The van der Waals surface area contributed by atoms with Gasteiger partial charge in [0.15, 0.2) is 11.5 Å². The average Bonchev–Trinajstić information content (AvgIpc) is 3.23. The van der Waals surface area contributed by atoms with Crippen molar-refractivity contribution in [1.29, 1.82) is 0 Å². The maximum Gasteiger partial charge on any atom is 0.242 e. The second-order valence-corrected chi connectivity index (χ2v) is 9.50. The Hall–Kier alpha value is -2.13. The lowest BCUT2D eigenvalue weighted by Gasteiger charge is -2.21. The minimum absolute atomic E-state index is 0.231. The van der Waals surface area contributed by atoms with Gasteiger partial charge in [-0.15, -0.1) is 0 Å². The van der Waals surface area contributed by atoms with E-state index >= 15 is 0 Å². The molecule has 29 heavy (non-hydrogen) atoms. The largest absolute Gasteiger partial charge is 0.486 e.